The quantitative estimate of drug-likeness (QED) is 0.757. The molecule has 0 radical (unpaired) electrons. The highest BCUT2D eigenvalue weighted by atomic mass is 35.5. The van der Waals surface area contributed by atoms with Crippen molar-refractivity contribution in [3.8, 4) is 0 Å². The van der Waals surface area contributed by atoms with Gasteiger partial charge in [0.2, 0.25) is 5.91 Å². The molecule has 1 aromatic carbocycles. The Morgan fingerprint density at radius 2 is 1.96 bits per heavy atom. The van der Waals surface area contributed by atoms with Crippen LogP contribution in [0, 0.1) is 11.7 Å². The highest BCUT2D eigenvalue weighted by Crippen LogP contribution is 2.26. The lowest BCUT2D eigenvalue weighted by atomic mass is 9.84. The lowest BCUT2D eigenvalue weighted by Crippen LogP contribution is -2.45. The molecule has 1 aromatic rings. The molecule has 24 heavy (non-hydrogen) atoms. The van der Waals surface area contributed by atoms with E-state index in [1.54, 1.807) is 0 Å². The summed E-state index contributed by atoms with van der Waals surface area (Å²) >= 11 is 0. The second kappa shape index (κ2) is 9.59. The van der Waals surface area contributed by atoms with Gasteiger partial charge in [-0.2, -0.15) is 0 Å². The number of nitrogens with one attached hydrogen (secondary N) is 2. The SMILES string of the molecule is CC(=O)Nc1cc(C(=O)NC(CN)C2CCCCC2)ccc1F.Cl. The summed E-state index contributed by atoms with van der Waals surface area (Å²) in [6, 6.07) is 3.86. The average Bonchev–Trinajstić information content (AvgIpc) is 2.54. The zero-order chi connectivity index (χ0) is 16.8. The van der Waals surface area contributed by atoms with Crippen LogP contribution in [-0.4, -0.2) is 24.4 Å². The molecular weight excluding hydrogens is 333 g/mol. The summed E-state index contributed by atoms with van der Waals surface area (Å²) in [6.07, 6.45) is 5.71. The molecule has 1 saturated carbocycles. The summed E-state index contributed by atoms with van der Waals surface area (Å²) in [5.74, 6) is -0.853. The molecule has 1 aliphatic rings. The standard InChI is InChI=1S/C17H24FN3O2.ClH/c1-11(22)20-15-9-13(7-8-14(15)18)17(23)21-16(10-19)12-5-3-2-4-6-12;/h7-9,12,16H,2-6,10,19H2,1H3,(H,20,22)(H,21,23);1H. The van der Waals surface area contributed by atoms with Crippen molar-refractivity contribution in [3.05, 3.63) is 29.6 Å². The molecule has 1 unspecified atom stereocenters. The van der Waals surface area contributed by atoms with Crippen LogP contribution in [0.2, 0.25) is 0 Å². The first-order valence-electron chi connectivity index (χ1n) is 8.09. The topological polar surface area (TPSA) is 84.2 Å². The van der Waals surface area contributed by atoms with Gasteiger partial charge in [0.15, 0.2) is 0 Å². The Labute approximate surface area is 148 Å². The summed E-state index contributed by atoms with van der Waals surface area (Å²) in [5, 5.41) is 5.33. The number of hydrogen-bond donors (Lipinski definition) is 3. The second-order valence-corrected chi connectivity index (χ2v) is 6.09. The molecule has 0 heterocycles. The lowest BCUT2D eigenvalue weighted by molar-refractivity contribution is -0.114. The maximum Gasteiger partial charge on any atom is 0.251 e. The molecule has 2 rings (SSSR count). The minimum absolute atomic E-state index is 0. The molecule has 5 nitrogen and oxygen atoms in total. The van der Waals surface area contributed by atoms with Crippen molar-refractivity contribution in [2.24, 2.45) is 11.7 Å². The van der Waals surface area contributed by atoms with Crippen LogP contribution in [0.1, 0.15) is 49.4 Å². The summed E-state index contributed by atoms with van der Waals surface area (Å²) in [7, 11) is 0. The van der Waals surface area contributed by atoms with E-state index in [1.807, 2.05) is 0 Å². The minimum atomic E-state index is -0.570. The van der Waals surface area contributed by atoms with Crippen LogP contribution in [0.25, 0.3) is 0 Å². The van der Waals surface area contributed by atoms with Crippen molar-refractivity contribution < 1.29 is 14.0 Å². The van der Waals surface area contributed by atoms with Gasteiger partial charge in [0.05, 0.1) is 5.69 Å². The van der Waals surface area contributed by atoms with E-state index in [1.165, 1.54) is 44.4 Å². The van der Waals surface area contributed by atoms with Crippen molar-refractivity contribution in [1.82, 2.24) is 5.32 Å². The minimum Gasteiger partial charge on any atom is -0.348 e. The fraction of sp³-hybridized carbons (Fsp3) is 0.529. The van der Waals surface area contributed by atoms with E-state index < -0.39 is 5.82 Å². The molecular formula is C17H25ClFN3O2. The number of carbonyl (C=O) groups excluding carboxylic acids is 2. The predicted molar refractivity (Wildman–Crippen MR) is 94.8 cm³/mol. The lowest BCUT2D eigenvalue weighted by Gasteiger charge is -2.30. The summed E-state index contributed by atoms with van der Waals surface area (Å²) in [4.78, 5) is 23.5. The number of amides is 2. The van der Waals surface area contributed by atoms with E-state index in [4.69, 9.17) is 5.73 Å². The monoisotopic (exact) mass is 357 g/mol. The molecule has 0 aliphatic heterocycles. The van der Waals surface area contributed by atoms with Gasteiger partial charge in [0, 0.05) is 25.1 Å². The van der Waals surface area contributed by atoms with Gasteiger partial charge in [-0.3, -0.25) is 9.59 Å². The molecule has 7 heteroatoms. The van der Waals surface area contributed by atoms with Gasteiger partial charge in [0.25, 0.3) is 5.91 Å². The Hall–Kier alpha value is -1.66. The number of carbonyl (C=O) groups is 2. The first-order valence-corrected chi connectivity index (χ1v) is 8.09. The molecule has 0 saturated heterocycles. The van der Waals surface area contributed by atoms with Crippen molar-refractivity contribution in [2.75, 3.05) is 11.9 Å². The largest absolute Gasteiger partial charge is 0.348 e. The van der Waals surface area contributed by atoms with Gasteiger partial charge < -0.3 is 16.4 Å². The molecule has 0 spiro atoms. The zero-order valence-electron chi connectivity index (χ0n) is 13.8. The maximum absolute atomic E-state index is 13.6. The molecule has 1 aliphatic carbocycles. The maximum atomic E-state index is 13.6. The average molecular weight is 358 g/mol. The van der Waals surface area contributed by atoms with Gasteiger partial charge in [0.1, 0.15) is 5.82 Å². The third-order valence-corrected chi connectivity index (χ3v) is 4.33. The Morgan fingerprint density at radius 1 is 1.29 bits per heavy atom. The summed E-state index contributed by atoms with van der Waals surface area (Å²) < 4.78 is 13.6. The fourth-order valence-corrected chi connectivity index (χ4v) is 3.11. The Kier molecular flexibility index (Phi) is 8.15. The van der Waals surface area contributed by atoms with Gasteiger partial charge in [-0.15, -0.1) is 12.4 Å². The van der Waals surface area contributed by atoms with Crippen LogP contribution in [-0.2, 0) is 4.79 Å². The van der Waals surface area contributed by atoms with Crippen LogP contribution in [0.15, 0.2) is 18.2 Å². The van der Waals surface area contributed by atoms with E-state index in [0.717, 1.165) is 12.8 Å². The van der Waals surface area contributed by atoms with Crippen molar-refractivity contribution in [3.63, 3.8) is 0 Å². The van der Waals surface area contributed by atoms with Gasteiger partial charge in [-0.05, 0) is 37.0 Å². The summed E-state index contributed by atoms with van der Waals surface area (Å²) in [5.41, 5.74) is 6.13. The van der Waals surface area contributed by atoms with E-state index >= 15 is 0 Å². The van der Waals surface area contributed by atoms with E-state index in [9.17, 15) is 14.0 Å². The smallest absolute Gasteiger partial charge is 0.251 e. The van der Waals surface area contributed by atoms with Crippen molar-refractivity contribution in [1.29, 1.82) is 0 Å². The normalized spacial score (nSPS) is 16.0. The van der Waals surface area contributed by atoms with Gasteiger partial charge in [-0.25, -0.2) is 4.39 Å². The molecule has 4 N–H and O–H groups in total. The molecule has 1 atom stereocenters. The van der Waals surface area contributed by atoms with E-state index in [0.29, 0.717) is 18.0 Å². The predicted octanol–water partition coefficient (Wildman–Crippen LogP) is 2.84. The number of hydrogen-bond acceptors (Lipinski definition) is 3. The zero-order valence-corrected chi connectivity index (χ0v) is 14.6. The third kappa shape index (κ3) is 5.46. The Morgan fingerprint density at radius 3 is 2.54 bits per heavy atom. The first kappa shape index (κ1) is 20.4. The van der Waals surface area contributed by atoms with Crippen molar-refractivity contribution in [2.45, 2.75) is 45.1 Å². The Balaban J connectivity index is 0.00000288. The van der Waals surface area contributed by atoms with Crippen LogP contribution in [0.5, 0.6) is 0 Å². The third-order valence-electron chi connectivity index (χ3n) is 4.33. The summed E-state index contributed by atoms with van der Waals surface area (Å²) in [6.45, 7) is 1.68. The Bertz CT molecular complexity index is 577. The number of benzene rings is 1. The van der Waals surface area contributed by atoms with Gasteiger partial charge in [-0.1, -0.05) is 19.3 Å². The van der Waals surface area contributed by atoms with Crippen LogP contribution < -0.4 is 16.4 Å². The van der Waals surface area contributed by atoms with Crippen LogP contribution in [0.4, 0.5) is 10.1 Å². The molecule has 134 valence electrons. The number of rotatable bonds is 5. The van der Waals surface area contributed by atoms with Crippen LogP contribution in [0.3, 0.4) is 0 Å². The fourth-order valence-electron chi connectivity index (χ4n) is 3.11. The van der Waals surface area contributed by atoms with Crippen molar-refractivity contribution >= 4 is 29.9 Å². The van der Waals surface area contributed by atoms with Crippen LogP contribution >= 0.6 is 12.4 Å². The molecule has 0 bridgehead atoms. The number of halogens is 2. The molecule has 0 aromatic heterocycles. The highest BCUT2D eigenvalue weighted by molar-refractivity contribution is 5.97. The number of nitrogens with two attached hydrogens (primary N) is 1. The van der Waals surface area contributed by atoms with E-state index in [-0.39, 0.29) is 36.0 Å². The number of anilines is 1. The molecule has 1 fully saturated rings. The first-order chi connectivity index (χ1) is 11.0. The van der Waals surface area contributed by atoms with E-state index in [2.05, 4.69) is 10.6 Å². The molecule has 2 amide bonds. The van der Waals surface area contributed by atoms with Gasteiger partial charge >= 0.3 is 0 Å². The highest BCUT2D eigenvalue weighted by Gasteiger charge is 2.24. The second-order valence-electron chi connectivity index (χ2n) is 6.09.